The number of carbonyl (C=O) groups is 2. The Balaban J connectivity index is 1.74. The van der Waals surface area contributed by atoms with Crippen LogP contribution in [0, 0.1) is 0 Å². The molecule has 1 aliphatic heterocycles. The molecule has 4 rings (SSSR count). The molecule has 1 aromatic carbocycles. The lowest BCUT2D eigenvalue weighted by molar-refractivity contribution is 0.0976. The van der Waals surface area contributed by atoms with Gasteiger partial charge in [-0.25, -0.2) is 0 Å². The first-order valence-electron chi connectivity index (χ1n) is 7.69. The predicted molar refractivity (Wildman–Crippen MR) is 86.7 cm³/mol. The summed E-state index contributed by atoms with van der Waals surface area (Å²) < 4.78 is 2.04. The van der Waals surface area contributed by atoms with Gasteiger partial charge in [0.1, 0.15) is 0 Å². The SMILES string of the molecule is O=C(Nc1cn[nH]c1)c1ccc2cc3n(c2c1)CCCCC3=O. The molecule has 0 unspecified atom stereocenters. The molecule has 0 fully saturated rings. The lowest BCUT2D eigenvalue weighted by Crippen LogP contribution is -2.11. The molecule has 3 heterocycles. The van der Waals surface area contributed by atoms with Crippen LogP contribution in [0.1, 0.15) is 40.1 Å². The highest BCUT2D eigenvalue weighted by Crippen LogP contribution is 2.26. The summed E-state index contributed by atoms with van der Waals surface area (Å²) in [5.41, 5.74) is 2.88. The van der Waals surface area contributed by atoms with Gasteiger partial charge < -0.3 is 9.88 Å². The molecule has 3 aromatic rings. The number of nitrogens with zero attached hydrogens (tertiary/aromatic N) is 2. The second-order valence-corrected chi connectivity index (χ2v) is 5.78. The Morgan fingerprint density at radius 2 is 2.17 bits per heavy atom. The first kappa shape index (κ1) is 13.8. The maximum absolute atomic E-state index is 12.3. The van der Waals surface area contributed by atoms with Gasteiger partial charge in [-0.2, -0.15) is 5.10 Å². The average molecular weight is 308 g/mol. The molecule has 0 bridgehead atoms. The van der Waals surface area contributed by atoms with Crippen molar-refractivity contribution in [2.24, 2.45) is 0 Å². The Morgan fingerprint density at radius 3 is 3.00 bits per heavy atom. The zero-order chi connectivity index (χ0) is 15.8. The summed E-state index contributed by atoms with van der Waals surface area (Å²) in [7, 11) is 0. The fourth-order valence-electron chi connectivity index (χ4n) is 3.07. The lowest BCUT2D eigenvalue weighted by atomic mass is 10.1. The largest absolute Gasteiger partial charge is 0.338 e. The second-order valence-electron chi connectivity index (χ2n) is 5.78. The Bertz CT molecular complexity index is 893. The third kappa shape index (κ3) is 2.42. The number of anilines is 1. The highest BCUT2D eigenvalue weighted by molar-refractivity contribution is 6.07. The summed E-state index contributed by atoms with van der Waals surface area (Å²) >= 11 is 0. The number of aromatic nitrogens is 3. The summed E-state index contributed by atoms with van der Waals surface area (Å²) in [6.07, 6.45) is 5.68. The van der Waals surface area contributed by atoms with Crippen LogP contribution in [0.2, 0.25) is 0 Å². The van der Waals surface area contributed by atoms with Crippen molar-refractivity contribution in [1.82, 2.24) is 14.8 Å². The molecular weight excluding hydrogens is 292 g/mol. The smallest absolute Gasteiger partial charge is 0.255 e. The summed E-state index contributed by atoms with van der Waals surface area (Å²) in [4.78, 5) is 24.5. The molecule has 0 radical (unpaired) electrons. The van der Waals surface area contributed by atoms with E-state index in [0.29, 0.717) is 17.7 Å². The molecule has 0 spiro atoms. The van der Waals surface area contributed by atoms with Crippen molar-refractivity contribution in [3.8, 4) is 0 Å². The summed E-state index contributed by atoms with van der Waals surface area (Å²) in [6, 6.07) is 7.46. The van der Waals surface area contributed by atoms with Crippen molar-refractivity contribution in [2.75, 3.05) is 5.32 Å². The van der Waals surface area contributed by atoms with Crippen molar-refractivity contribution < 1.29 is 9.59 Å². The maximum Gasteiger partial charge on any atom is 0.255 e. The van der Waals surface area contributed by atoms with Crippen LogP contribution >= 0.6 is 0 Å². The van der Waals surface area contributed by atoms with Gasteiger partial charge in [0.25, 0.3) is 5.91 Å². The maximum atomic E-state index is 12.3. The third-order valence-corrected chi connectivity index (χ3v) is 4.24. The number of H-pyrrole nitrogens is 1. The highest BCUT2D eigenvalue weighted by Gasteiger charge is 2.19. The molecule has 116 valence electrons. The Labute approximate surface area is 132 Å². The van der Waals surface area contributed by atoms with E-state index in [1.807, 2.05) is 22.8 Å². The Hall–Kier alpha value is -2.89. The molecule has 0 aliphatic carbocycles. The summed E-state index contributed by atoms with van der Waals surface area (Å²) in [6.45, 7) is 0.817. The Kier molecular flexibility index (Phi) is 3.22. The number of aryl methyl sites for hydroxylation is 1. The van der Waals surface area contributed by atoms with Crippen molar-refractivity contribution in [3.63, 3.8) is 0 Å². The molecule has 6 nitrogen and oxygen atoms in total. The standard InChI is InChI=1S/C17H16N4O2/c22-16-3-1-2-6-21-14-8-12(5-4-11(14)7-15(16)21)17(23)20-13-9-18-19-10-13/h4-5,7-10H,1-3,6H2,(H,18,19)(H,20,23). The zero-order valence-electron chi connectivity index (χ0n) is 12.5. The monoisotopic (exact) mass is 308 g/mol. The third-order valence-electron chi connectivity index (χ3n) is 4.24. The number of nitrogens with one attached hydrogen (secondary N) is 2. The van der Waals surface area contributed by atoms with Crippen molar-refractivity contribution in [2.45, 2.75) is 25.8 Å². The number of fused-ring (bicyclic) bond motifs is 3. The highest BCUT2D eigenvalue weighted by atomic mass is 16.1. The number of hydrogen-bond donors (Lipinski definition) is 2. The van der Waals surface area contributed by atoms with E-state index < -0.39 is 0 Å². The van der Waals surface area contributed by atoms with Crippen molar-refractivity contribution in [1.29, 1.82) is 0 Å². The van der Waals surface area contributed by atoms with Crippen LogP contribution in [0.3, 0.4) is 0 Å². The molecule has 0 saturated heterocycles. The normalized spacial score (nSPS) is 14.5. The van der Waals surface area contributed by atoms with E-state index in [-0.39, 0.29) is 11.7 Å². The zero-order valence-corrected chi connectivity index (χ0v) is 12.5. The summed E-state index contributed by atoms with van der Waals surface area (Å²) in [5.74, 6) is -0.00750. The first-order chi connectivity index (χ1) is 11.2. The van der Waals surface area contributed by atoms with Crippen LogP contribution in [0.5, 0.6) is 0 Å². The van der Waals surface area contributed by atoms with E-state index in [1.165, 1.54) is 0 Å². The van der Waals surface area contributed by atoms with E-state index >= 15 is 0 Å². The quantitative estimate of drug-likeness (QED) is 0.763. The number of hydrogen-bond acceptors (Lipinski definition) is 3. The van der Waals surface area contributed by atoms with Gasteiger partial charge >= 0.3 is 0 Å². The molecule has 2 aromatic heterocycles. The van der Waals surface area contributed by atoms with Gasteiger partial charge in [-0.05, 0) is 31.0 Å². The van der Waals surface area contributed by atoms with Gasteiger partial charge in [0, 0.05) is 35.6 Å². The molecule has 0 saturated carbocycles. The topological polar surface area (TPSA) is 79.8 Å². The minimum absolute atomic E-state index is 0.183. The van der Waals surface area contributed by atoms with E-state index in [0.717, 1.165) is 36.0 Å². The van der Waals surface area contributed by atoms with E-state index in [9.17, 15) is 9.59 Å². The van der Waals surface area contributed by atoms with E-state index in [4.69, 9.17) is 0 Å². The predicted octanol–water partition coefficient (Wildman–Crippen LogP) is 2.98. The molecular formula is C17H16N4O2. The lowest BCUT2D eigenvalue weighted by Gasteiger charge is -2.07. The first-order valence-corrected chi connectivity index (χ1v) is 7.69. The minimum Gasteiger partial charge on any atom is -0.338 e. The molecule has 0 atom stereocenters. The van der Waals surface area contributed by atoms with Gasteiger partial charge in [0.2, 0.25) is 0 Å². The fraction of sp³-hybridized carbons (Fsp3) is 0.235. The molecule has 1 amide bonds. The molecule has 23 heavy (non-hydrogen) atoms. The van der Waals surface area contributed by atoms with Gasteiger partial charge in [-0.3, -0.25) is 14.7 Å². The number of Topliss-reactive ketones (excluding diaryl/α,β-unsaturated/α-hetero) is 1. The molecule has 1 aliphatic rings. The van der Waals surface area contributed by atoms with Gasteiger partial charge in [0.15, 0.2) is 5.78 Å². The number of carbonyl (C=O) groups excluding carboxylic acids is 2. The van der Waals surface area contributed by atoms with Crippen molar-refractivity contribution in [3.05, 3.63) is 47.9 Å². The molecule has 6 heteroatoms. The Morgan fingerprint density at radius 1 is 1.26 bits per heavy atom. The number of ketones is 1. The van der Waals surface area contributed by atoms with Gasteiger partial charge in [0.05, 0.1) is 17.6 Å². The van der Waals surface area contributed by atoms with Crippen LogP contribution in [0.4, 0.5) is 5.69 Å². The fourth-order valence-corrected chi connectivity index (χ4v) is 3.07. The van der Waals surface area contributed by atoms with Crippen LogP contribution in [-0.4, -0.2) is 26.5 Å². The number of rotatable bonds is 2. The average Bonchev–Trinajstić information content (AvgIpc) is 3.14. The van der Waals surface area contributed by atoms with Gasteiger partial charge in [-0.15, -0.1) is 0 Å². The van der Waals surface area contributed by atoms with Gasteiger partial charge in [-0.1, -0.05) is 6.07 Å². The number of amides is 1. The minimum atomic E-state index is -0.191. The summed E-state index contributed by atoms with van der Waals surface area (Å²) in [5, 5.41) is 10.2. The number of aromatic amines is 1. The van der Waals surface area contributed by atoms with Crippen LogP contribution in [0.25, 0.3) is 10.9 Å². The van der Waals surface area contributed by atoms with E-state index in [1.54, 1.807) is 18.5 Å². The number of benzene rings is 1. The van der Waals surface area contributed by atoms with Crippen LogP contribution < -0.4 is 5.32 Å². The van der Waals surface area contributed by atoms with Crippen molar-refractivity contribution >= 4 is 28.3 Å². The van der Waals surface area contributed by atoms with Crippen LogP contribution in [0.15, 0.2) is 36.7 Å². The van der Waals surface area contributed by atoms with Crippen LogP contribution in [-0.2, 0) is 6.54 Å². The van der Waals surface area contributed by atoms with E-state index in [2.05, 4.69) is 15.5 Å². The molecule has 2 N–H and O–H groups in total. The second kappa shape index (κ2) is 5.39.